The second kappa shape index (κ2) is 12.4. The number of aliphatic imine (C=N–C) groups is 1. The van der Waals surface area contributed by atoms with Gasteiger partial charge in [0.1, 0.15) is 5.75 Å². The Labute approximate surface area is 201 Å². The molecular formula is C22H32IN5O3. The van der Waals surface area contributed by atoms with Crippen LogP contribution in [0.15, 0.2) is 46.0 Å². The first-order chi connectivity index (χ1) is 14.6. The fourth-order valence-corrected chi connectivity index (χ4v) is 3.48. The van der Waals surface area contributed by atoms with Crippen LogP contribution >= 0.6 is 24.0 Å². The minimum atomic E-state index is -0.170. The maximum Gasteiger partial charge on any atom is 0.287 e. The lowest BCUT2D eigenvalue weighted by Gasteiger charge is -2.37. The van der Waals surface area contributed by atoms with E-state index in [0.29, 0.717) is 12.3 Å². The lowest BCUT2D eigenvalue weighted by atomic mass is 10.2. The number of amides is 1. The molecule has 2 N–H and O–H groups in total. The predicted molar refractivity (Wildman–Crippen MR) is 134 cm³/mol. The van der Waals surface area contributed by atoms with Crippen molar-refractivity contribution >= 4 is 41.5 Å². The zero-order valence-corrected chi connectivity index (χ0v) is 20.7. The Kier molecular flexibility index (Phi) is 9.96. The molecule has 1 aliphatic rings. The summed E-state index contributed by atoms with van der Waals surface area (Å²) in [7, 11) is 3.49. The first kappa shape index (κ1) is 24.8. The van der Waals surface area contributed by atoms with Gasteiger partial charge in [0.05, 0.1) is 13.4 Å². The van der Waals surface area contributed by atoms with Crippen molar-refractivity contribution in [2.45, 2.75) is 13.3 Å². The lowest BCUT2D eigenvalue weighted by Crippen LogP contribution is -2.52. The highest BCUT2D eigenvalue weighted by Crippen LogP contribution is 2.20. The predicted octanol–water partition coefficient (Wildman–Crippen LogP) is 2.73. The molecule has 3 rings (SSSR count). The summed E-state index contributed by atoms with van der Waals surface area (Å²) in [6, 6.07) is 9.97. The molecule has 170 valence electrons. The number of ether oxygens (including phenoxy) is 1. The van der Waals surface area contributed by atoms with Gasteiger partial charge in [-0.3, -0.25) is 9.79 Å². The number of methoxy groups -OCH3 is 1. The first-order valence-corrected chi connectivity index (χ1v) is 10.3. The standard InChI is InChI=1S/C22H31N5O3.HI/c1-17-9-16-30-20(17)21(28)24-10-4-11-25-22(23-2)27-14-12-26(13-15-27)18-5-7-19(29-3)8-6-18;/h5-9,16H,4,10-15H2,1-3H3,(H,23,25)(H,24,28);1H. The largest absolute Gasteiger partial charge is 0.497 e. The summed E-state index contributed by atoms with van der Waals surface area (Å²) in [6.45, 7) is 6.85. The van der Waals surface area contributed by atoms with E-state index in [1.165, 1.54) is 12.0 Å². The van der Waals surface area contributed by atoms with Crippen LogP contribution in [0.4, 0.5) is 5.69 Å². The number of nitrogens with one attached hydrogen (secondary N) is 2. The Balaban J connectivity index is 0.00000341. The van der Waals surface area contributed by atoms with Crippen molar-refractivity contribution in [2.24, 2.45) is 4.99 Å². The van der Waals surface area contributed by atoms with Crippen molar-refractivity contribution < 1.29 is 13.9 Å². The SMILES string of the molecule is CN=C(NCCCNC(=O)c1occc1C)N1CCN(c2ccc(OC)cc2)CC1.I. The van der Waals surface area contributed by atoms with E-state index in [1.807, 2.05) is 19.1 Å². The average Bonchev–Trinajstić information content (AvgIpc) is 3.22. The molecule has 2 aromatic rings. The molecule has 0 atom stereocenters. The Hall–Kier alpha value is -2.43. The van der Waals surface area contributed by atoms with Crippen molar-refractivity contribution in [3.63, 3.8) is 0 Å². The van der Waals surface area contributed by atoms with Gasteiger partial charge in [-0.15, -0.1) is 24.0 Å². The topological polar surface area (TPSA) is 82.3 Å². The van der Waals surface area contributed by atoms with Crippen LogP contribution in [0.1, 0.15) is 22.5 Å². The van der Waals surface area contributed by atoms with Gasteiger partial charge in [-0.25, -0.2) is 0 Å². The number of carbonyl (C=O) groups excluding carboxylic acids is 1. The van der Waals surface area contributed by atoms with E-state index in [1.54, 1.807) is 20.2 Å². The highest BCUT2D eigenvalue weighted by atomic mass is 127. The average molecular weight is 541 g/mol. The van der Waals surface area contributed by atoms with Gasteiger partial charge >= 0.3 is 0 Å². The van der Waals surface area contributed by atoms with E-state index in [2.05, 4.69) is 37.6 Å². The van der Waals surface area contributed by atoms with Gasteiger partial charge in [0.2, 0.25) is 0 Å². The number of hydrogen-bond acceptors (Lipinski definition) is 5. The number of anilines is 1. The summed E-state index contributed by atoms with van der Waals surface area (Å²) in [4.78, 5) is 21.1. The van der Waals surface area contributed by atoms with E-state index in [-0.39, 0.29) is 29.9 Å². The van der Waals surface area contributed by atoms with Gasteiger partial charge < -0.3 is 29.6 Å². The van der Waals surface area contributed by atoms with Crippen LogP contribution in [0.5, 0.6) is 5.75 Å². The van der Waals surface area contributed by atoms with E-state index in [0.717, 1.165) is 56.4 Å². The van der Waals surface area contributed by atoms with Crippen molar-refractivity contribution in [3.05, 3.63) is 47.9 Å². The summed E-state index contributed by atoms with van der Waals surface area (Å²) in [5.41, 5.74) is 2.06. The molecule has 0 bridgehead atoms. The number of hydrogen-bond donors (Lipinski definition) is 2. The number of aryl methyl sites for hydroxylation is 1. The number of benzene rings is 1. The smallest absolute Gasteiger partial charge is 0.287 e. The molecular weight excluding hydrogens is 509 g/mol. The normalized spacial score (nSPS) is 14.1. The minimum Gasteiger partial charge on any atom is -0.497 e. The van der Waals surface area contributed by atoms with Crippen LogP contribution in [-0.2, 0) is 0 Å². The number of carbonyl (C=O) groups is 1. The fourth-order valence-electron chi connectivity index (χ4n) is 3.48. The molecule has 2 heterocycles. The lowest BCUT2D eigenvalue weighted by molar-refractivity contribution is 0.0925. The maximum absolute atomic E-state index is 12.0. The third kappa shape index (κ3) is 6.78. The number of rotatable bonds is 7. The van der Waals surface area contributed by atoms with Gasteiger partial charge in [0.15, 0.2) is 11.7 Å². The van der Waals surface area contributed by atoms with Crippen molar-refractivity contribution in [2.75, 3.05) is 58.3 Å². The summed E-state index contributed by atoms with van der Waals surface area (Å²) in [5.74, 6) is 1.99. The first-order valence-electron chi connectivity index (χ1n) is 10.3. The quantitative estimate of drug-likeness (QED) is 0.243. The Morgan fingerprint density at radius 1 is 1.10 bits per heavy atom. The number of furan rings is 1. The molecule has 0 spiro atoms. The molecule has 1 aromatic carbocycles. The second-order valence-corrected chi connectivity index (χ2v) is 7.19. The summed E-state index contributed by atoms with van der Waals surface area (Å²) < 4.78 is 10.4. The Morgan fingerprint density at radius 2 is 1.77 bits per heavy atom. The van der Waals surface area contributed by atoms with Crippen molar-refractivity contribution in [3.8, 4) is 5.75 Å². The zero-order chi connectivity index (χ0) is 21.3. The summed E-state index contributed by atoms with van der Waals surface area (Å²) in [6.07, 6.45) is 2.33. The number of piperazine rings is 1. The minimum absolute atomic E-state index is 0. The van der Waals surface area contributed by atoms with Crippen LogP contribution in [0.25, 0.3) is 0 Å². The second-order valence-electron chi connectivity index (χ2n) is 7.19. The van der Waals surface area contributed by atoms with Gasteiger partial charge in [0, 0.05) is 57.6 Å². The monoisotopic (exact) mass is 541 g/mol. The molecule has 1 aromatic heterocycles. The molecule has 0 unspecified atom stereocenters. The summed E-state index contributed by atoms with van der Waals surface area (Å²) >= 11 is 0. The van der Waals surface area contributed by atoms with E-state index in [9.17, 15) is 4.79 Å². The van der Waals surface area contributed by atoms with Crippen LogP contribution < -0.4 is 20.3 Å². The highest BCUT2D eigenvalue weighted by Gasteiger charge is 2.19. The van der Waals surface area contributed by atoms with E-state index in [4.69, 9.17) is 9.15 Å². The molecule has 1 fully saturated rings. The maximum atomic E-state index is 12.0. The van der Waals surface area contributed by atoms with E-state index >= 15 is 0 Å². The molecule has 0 aliphatic carbocycles. The highest BCUT2D eigenvalue weighted by molar-refractivity contribution is 14.0. The van der Waals surface area contributed by atoms with Crippen LogP contribution in [0.3, 0.4) is 0 Å². The Bertz CT molecular complexity index is 845. The van der Waals surface area contributed by atoms with Crippen LogP contribution in [-0.4, -0.2) is 70.2 Å². The van der Waals surface area contributed by atoms with Gasteiger partial charge in [0.25, 0.3) is 5.91 Å². The van der Waals surface area contributed by atoms with Crippen molar-refractivity contribution in [1.82, 2.24) is 15.5 Å². The molecule has 0 saturated carbocycles. The van der Waals surface area contributed by atoms with Gasteiger partial charge in [-0.2, -0.15) is 0 Å². The number of halogens is 1. The fraction of sp³-hybridized carbons (Fsp3) is 0.455. The van der Waals surface area contributed by atoms with Gasteiger partial charge in [-0.1, -0.05) is 0 Å². The molecule has 1 saturated heterocycles. The molecule has 1 amide bonds. The third-order valence-electron chi connectivity index (χ3n) is 5.22. The summed E-state index contributed by atoms with van der Waals surface area (Å²) in [5, 5.41) is 6.28. The molecule has 9 heteroatoms. The van der Waals surface area contributed by atoms with Crippen LogP contribution in [0.2, 0.25) is 0 Å². The van der Waals surface area contributed by atoms with E-state index < -0.39 is 0 Å². The molecule has 1 aliphatic heterocycles. The van der Waals surface area contributed by atoms with Crippen LogP contribution in [0, 0.1) is 6.92 Å². The zero-order valence-electron chi connectivity index (χ0n) is 18.4. The van der Waals surface area contributed by atoms with Gasteiger partial charge in [-0.05, 0) is 43.7 Å². The number of guanidine groups is 1. The van der Waals surface area contributed by atoms with Crippen molar-refractivity contribution in [1.29, 1.82) is 0 Å². The Morgan fingerprint density at radius 3 is 2.35 bits per heavy atom. The molecule has 0 radical (unpaired) electrons. The third-order valence-corrected chi connectivity index (χ3v) is 5.22. The number of nitrogens with zero attached hydrogens (tertiary/aromatic N) is 3. The molecule has 8 nitrogen and oxygen atoms in total. The molecule has 31 heavy (non-hydrogen) atoms.